The molecule has 0 N–H and O–H groups in total. The number of alkyl halides is 1. The molecule has 1 heterocycles. The molecule has 1 aromatic rings. The number of nitrogens with zero attached hydrogens (tertiary/aromatic N) is 1. The second-order valence-electron chi connectivity index (χ2n) is 6.82. The molecular formula is C21H24Cl2FNO7S. The maximum Gasteiger partial charge on any atom is 0.336 e. The molecule has 0 atom stereocenters. The monoisotopic (exact) mass is 523 g/mol. The summed E-state index contributed by atoms with van der Waals surface area (Å²) in [6.45, 7) is 3.53. The molecule has 0 saturated heterocycles. The topological polar surface area (TPSA) is 99.2 Å². The third-order valence-corrected chi connectivity index (χ3v) is 6.42. The predicted octanol–water partition coefficient (Wildman–Crippen LogP) is 4.15. The van der Waals surface area contributed by atoms with E-state index in [0.29, 0.717) is 35.7 Å². The lowest BCUT2D eigenvalue weighted by atomic mass is 9.90. The van der Waals surface area contributed by atoms with E-state index in [1.165, 1.54) is 0 Å². The van der Waals surface area contributed by atoms with Crippen molar-refractivity contribution >= 4 is 64.0 Å². The molecular weight excluding hydrogens is 500 g/mol. The van der Waals surface area contributed by atoms with Crippen LogP contribution in [0.4, 0.5) is 10.1 Å². The van der Waals surface area contributed by atoms with Crippen LogP contribution in [0.2, 0.25) is 5.02 Å². The van der Waals surface area contributed by atoms with Gasteiger partial charge in [-0.1, -0.05) is 11.6 Å². The summed E-state index contributed by atoms with van der Waals surface area (Å²) < 4.78 is 29.8. The number of hydrogen-bond acceptors (Lipinski definition) is 8. The van der Waals surface area contributed by atoms with Gasteiger partial charge >= 0.3 is 11.9 Å². The molecule has 0 bridgehead atoms. The first-order valence-corrected chi connectivity index (χ1v) is 12.0. The van der Waals surface area contributed by atoms with Crippen LogP contribution in [0.5, 0.6) is 0 Å². The van der Waals surface area contributed by atoms with E-state index in [4.69, 9.17) is 37.4 Å². The molecule has 0 spiro atoms. The summed E-state index contributed by atoms with van der Waals surface area (Å²) in [7, 11) is 0. The summed E-state index contributed by atoms with van der Waals surface area (Å²) in [6.07, 6.45) is 1.33. The first kappa shape index (κ1) is 27.2. The fraction of sp³-hybridized carbons (Fsp3) is 0.524. The fourth-order valence-corrected chi connectivity index (χ4v) is 4.64. The molecule has 1 aromatic heterocycles. The van der Waals surface area contributed by atoms with Crippen LogP contribution in [0.25, 0.3) is 0 Å². The lowest BCUT2D eigenvalue weighted by Crippen LogP contribution is -2.40. The highest BCUT2D eigenvalue weighted by Gasteiger charge is 2.36. The SMILES string of the molecule is CCOCOC(=O)C1=C(C(=O)N(C(=O)CCl)c2c(F)sc(CC(=O)OCC)c2Cl)CCCC1. The Balaban J connectivity index is 2.47. The average Bonchev–Trinajstić information content (AvgIpc) is 3.06. The maximum absolute atomic E-state index is 14.9. The van der Waals surface area contributed by atoms with Crippen molar-refractivity contribution in [2.75, 3.05) is 30.8 Å². The van der Waals surface area contributed by atoms with Gasteiger partial charge in [0.25, 0.3) is 5.91 Å². The van der Waals surface area contributed by atoms with Crippen molar-refractivity contribution in [3.8, 4) is 0 Å². The van der Waals surface area contributed by atoms with Crippen LogP contribution in [-0.2, 0) is 39.8 Å². The Kier molecular flexibility index (Phi) is 10.7. The molecule has 0 radical (unpaired) electrons. The van der Waals surface area contributed by atoms with Gasteiger partial charge in [-0.25, -0.2) is 9.69 Å². The molecule has 2 rings (SSSR count). The standard InChI is InChI=1S/C21H24Cl2FNO7S/c1-3-30-11-32-21(29)13-8-6-5-7-12(13)20(28)25(15(26)10-22)18-17(23)14(33-19(18)24)9-16(27)31-4-2/h3-11H2,1-2H3. The minimum absolute atomic E-state index is 0.0230. The van der Waals surface area contributed by atoms with Crippen LogP contribution in [0.15, 0.2) is 11.1 Å². The minimum atomic E-state index is -0.942. The summed E-state index contributed by atoms with van der Waals surface area (Å²) in [4.78, 5) is 51.0. The van der Waals surface area contributed by atoms with Gasteiger partial charge in [-0.3, -0.25) is 14.4 Å². The highest BCUT2D eigenvalue weighted by atomic mass is 35.5. The van der Waals surface area contributed by atoms with Gasteiger partial charge in [0, 0.05) is 22.6 Å². The van der Waals surface area contributed by atoms with Gasteiger partial charge in [-0.2, -0.15) is 4.39 Å². The Morgan fingerprint density at radius 1 is 1.06 bits per heavy atom. The van der Waals surface area contributed by atoms with Crippen LogP contribution in [0, 0.1) is 5.13 Å². The van der Waals surface area contributed by atoms with Crippen molar-refractivity contribution in [2.45, 2.75) is 46.0 Å². The van der Waals surface area contributed by atoms with Crippen LogP contribution in [0.1, 0.15) is 44.4 Å². The van der Waals surface area contributed by atoms with Crippen molar-refractivity contribution in [2.24, 2.45) is 0 Å². The zero-order chi connectivity index (χ0) is 24.5. The van der Waals surface area contributed by atoms with Crippen molar-refractivity contribution in [1.29, 1.82) is 0 Å². The Morgan fingerprint density at radius 2 is 1.73 bits per heavy atom. The first-order chi connectivity index (χ1) is 15.8. The number of carbonyl (C=O) groups excluding carboxylic acids is 4. The largest absolute Gasteiger partial charge is 0.466 e. The number of amides is 2. The molecule has 0 aliphatic heterocycles. The Morgan fingerprint density at radius 3 is 2.33 bits per heavy atom. The molecule has 0 saturated carbocycles. The third kappa shape index (κ3) is 6.75. The number of thiophene rings is 1. The Labute approximate surface area is 204 Å². The third-order valence-electron chi connectivity index (χ3n) is 4.70. The number of anilines is 1. The van der Waals surface area contributed by atoms with Gasteiger partial charge in [0.1, 0.15) is 11.6 Å². The number of carbonyl (C=O) groups is 4. The molecule has 33 heavy (non-hydrogen) atoms. The van der Waals surface area contributed by atoms with Gasteiger partial charge < -0.3 is 14.2 Å². The second kappa shape index (κ2) is 13.0. The molecule has 1 aliphatic rings. The van der Waals surface area contributed by atoms with Crippen molar-refractivity contribution in [3.05, 3.63) is 26.2 Å². The quantitative estimate of drug-likeness (QED) is 0.196. The van der Waals surface area contributed by atoms with Crippen LogP contribution in [0.3, 0.4) is 0 Å². The molecule has 0 unspecified atom stereocenters. The van der Waals surface area contributed by atoms with Crippen LogP contribution < -0.4 is 4.90 Å². The minimum Gasteiger partial charge on any atom is -0.466 e. The average molecular weight is 524 g/mol. The molecule has 1 aliphatic carbocycles. The smallest absolute Gasteiger partial charge is 0.336 e. The molecule has 182 valence electrons. The molecule has 0 fully saturated rings. The number of imide groups is 1. The number of ether oxygens (including phenoxy) is 3. The van der Waals surface area contributed by atoms with Crippen molar-refractivity contribution < 1.29 is 37.8 Å². The van der Waals surface area contributed by atoms with Gasteiger partial charge in [0.15, 0.2) is 6.79 Å². The number of halogens is 3. The summed E-state index contributed by atoms with van der Waals surface area (Å²) in [5.74, 6) is -3.86. The molecule has 0 aromatic carbocycles. The lowest BCUT2D eigenvalue weighted by molar-refractivity contribution is -0.151. The summed E-state index contributed by atoms with van der Waals surface area (Å²) in [5.41, 5.74) is -0.386. The normalized spacial score (nSPS) is 13.6. The van der Waals surface area contributed by atoms with E-state index >= 15 is 0 Å². The van der Waals surface area contributed by atoms with E-state index in [2.05, 4.69) is 0 Å². The van der Waals surface area contributed by atoms with Crippen LogP contribution >= 0.6 is 34.5 Å². The van der Waals surface area contributed by atoms with Crippen molar-refractivity contribution in [1.82, 2.24) is 0 Å². The number of esters is 2. The van der Waals surface area contributed by atoms with Gasteiger partial charge in [0.2, 0.25) is 11.0 Å². The van der Waals surface area contributed by atoms with Crippen molar-refractivity contribution in [3.63, 3.8) is 0 Å². The number of hydrogen-bond donors (Lipinski definition) is 0. The van der Waals surface area contributed by atoms with E-state index in [0.717, 1.165) is 0 Å². The maximum atomic E-state index is 14.9. The van der Waals surface area contributed by atoms with E-state index in [1.54, 1.807) is 13.8 Å². The Bertz CT molecular complexity index is 947. The number of rotatable bonds is 10. The summed E-state index contributed by atoms with van der Waals surface area (Å²) in [6, 6.07) is 0. The predicted molar refractivity (Wildman–Crippen MR) is 121 cm³/mol. The highest BCUT2D eigenvalue weighted by molar-refractivity contribution is 7.11. The zero-order valence-electron chi connectivity index (χ0n) is 18.2. The first-order valence-electron chi connectivity index (χ1n) is 10.3. The molecule has 2 amide bonds. The lowest BCUT2D eigenvalue weighted by Gasteiger charge is -2.25. The van der Waals surface area contributed by atoms with Gasteiger partial charge in [0.05, 0.1) is 18.1 Å². The molecule has 12 heteroatoms. The van der Waals surface area contributed by atoms with E-state index in [-0.39, 0.29) is 53.7 Å². The molecule has 8 nitrogen and oxygen atoms in total. The highest BCUT2D eigenvalue weighted by Crippen LogP contribution is 2.41. The van der Waals surface area contributed by atoms with E-state index in [1.807, 2.05) is 0 Å². The van der Waals surface area contributed by atoms with E-state index < -0.39 is 40.5 Å². The van der Waals surface area contributed by atoms with E-state index in [9.17, 15) is 23.6 Å². The summed E-state index contributed by atoms with van der Waals surface area (Å²) in [5, 5.41) is -1.21. The van der Waals surface area contributed by atoms with Crippen LogP contribution in [-0.4, -0.2) is 49.6 Å². The summed E-state index contributed by atoms with van der Waals surface area (Å²) >= 11 is 12.5. The Hall–Kier alpha value is -2.01. The fourth-order valence-electron chi connectivity index (χ4n) is 3.23. The van der Waals surface area contributed by atoms with Gasteiger partial charge in [-0.15, -0.1) is 22.9 Å². The zero-order valence-corrected chi connectivity index (χ0v) is 20.5. The second-order valence-corrected chi connectivity index (χ2v) is 8.52. The van der Waals surface area contributed by atoms with Gasteiger partial charge in [-0.05, 0) is 39.5 Å².